The van der Waals surface area contributed by atoms with E-state index in [0.29, 0.717) is 0 Å². The number of amides is 11. The second-order valence-electron chi connectivity index (χ2n) is 25.9. The van der Waals surface area contributed by atoms with Crippen LogP contribution in [-0.4, -0.2) is 129 Å². The molecule has 0 saturated carbocycles. The van der Waals surface area contributed by atoms with Crippen LogP contribution in [0.4, 0.5) is 19.2 Å². The third kappa shape index (κ3) is 22.3. The molecule has 9 N–H and O–H groups in total. The van der Waals surface area contributed by atoms with Crippen molar-refractivity contribution in [3.63, 3.8) is 0 Å². The summed E-state index contributed by atoms with van der Waals surface area (Å²) in [6.07, 6.45) is -1.89. The van der Waals surface area contributed by atoms with Gasteiger partial charge in [0.15, 0.2) is 0 Å². The minimum absolute atomic E-state index is 0.138. The highest BCUT2D eigenvalue weighted by Gasteiger charge is 2.46. The number of rotatable bonds is 0. The smallest absolute Gasteiger partial charge is 0.412 e. The van der Waals surface area contributed by atoms with Gasteiger partial charge in [-0.25, -0.2) is 43.2 Å². The summed E-state index contributed by atoms with van der Waals surface area (Å²) in [7, 11) is 0. The van der Waals surface area contributed by atoms with Gasteiger partial charge in [-0.1, -0.05) is 94.8 Å². The molecule has 460 valence electrons. The molecule has 5 aliphatic heterocycles. The maximum atomic E-state index is 11.6. The summed E-state index contributed by atoms with van der Waals surface area (Å²) < 4.78 is 11.1. The first kappa shape index (κ1) is 72.2. The van der Waals surface area contributed by atoms with Crippen LogP contribution in [0.2, 0.25) is 0 Å². The summed E-state index contributed by atoms with van der Waals surface area (Å²) in [4.78, 5) is 174. The van der Waals surface area contributed by atoms with Crippen LogP contribution in [0.25, 0.3) is 0 Å². The number of aromatic amines is 2. The van der Waals surface area contributed by atoms with E-state index in [4.69, 9.17) is 0 Å². The molecule has 0 spiro atoms. The van der Waals surface area contributed by atoms with Crippen LogP contribution in [0.3, 0.4) is 0 Å². The number of ether oxygens (including phenoxy) is 1. The quantitative estimate of drug-likeness (QED) is 0.133. The molecule has 82 heavy (non-hydrogen) atoms. The Labute approximate surface area is 476 Å². The first-order valence-corrected chi connectivity index (χ1v) is 26.1. The number of imide groups is 4. The Morgan fingerprint density at radius 2 is 1.11 bits per heavy atom. The molecule has 5 fully saturated rings. The molecule has 2 aromatic rings. The highest BCUT2D eigenvalue weighted by molar-refractivity contribution is 8.15. The Morgan fingerprint density at radius 3 is 1.38 bits per heavy atom. The summed E-state index contributed by atoms with van der Waals surface area (Å²) >= 11 is 1.08. The number of aliphatic hydroxyl groups excluding tert-OH is 1. The van der Waals surface area contributed by atoms with E-state index in [0.717, 1.165) is 22.7 Å². The number of hydrogen-bond donors (Lipinski definition) is 9. The maximum Gasteiger partial charge on any atom is 0.440 e. The molecule has 2 aromatic heterocycles. The van der Waals surface area contributed by atoms with Crippen molar-refractivity contribution in [1.29, 1.82) is 0 Å². The number of urea groups is 2. The molecule has 0 aliphatic carbocycles. The lowest BCUT2D eigenvalue weighted by molar-refractivity contribution is -0.153. The summed E-state index contributed by atoms with van der Waals surface area (Å²) in [5, 5.41) is 23.5. The number of H-pyrrole nitrogens is 2. The van der Waals surface area contributed by atoms with E-state index in [1.165, 1.54) is 9.58 Å². The number of carbonyl (C=O) groups is 11. The number of Topliss-reactive ketones (excluding diaryl/α,β-unsaturated/α-hetero) is 1. The average Bonchev–Trinajstić information content (AvgIpc) is 4.06. The molecule has 7 rings (SSSR count). The second kappa shape index (κ2) is 27.3. The van der Waals surface area contributed by atoms with Gasteiger partial charge in [-0.2, -0.15) is 10.6 Å². The topological polar surface area (TPSA) is 438 Å². The largest absolute Gasteiger partial charge is 0.440 e. The number of hydrogen-bond acceptors (Lipinski definition) is 21. The van der Waals surface area contributed by atoms with Crippen LogP contribution in [-0.2, 0) is 54.2 Å². The summed E-state index contributed by atoms with van der Waals surface area (Å²) in [6, 6.07) is -1.08. The Morgan fingerprint density at radius 1 is 0.573 bits per heavy atom. The number of cyclic esters (lactones) is 1. The lowest BCUT2D eigenvalue weighted by Gasteiger charge is -2.29. The third-order valence-electron chi connectivity index (χ3n) is 11.0. The minimum atomic E-state index is -1.87. The average molecular weight is 1190 g/mol. The van der Waals surface area contributed by atoms with Gasteiger partial charge in [0, 0.05) is 5.54 Å². The molecule has 5 atom stereocenters. The van der Waals surface area contributed by atoms with E-state index in [2.05, 4.69) is 45.4 Å². The molecule has 7 heterocycles. The predicted molar refractivity (Wildman–Crippen MR) is 293 cm³/mol. The van der Waals surface area contributed by atoms with Gasteiger partial charge in [-0.15, -0.1) is 4.74 Å². The van der Waals surface area contributed by atoms with E-state index in [9.17, 15) is 77.0 Å². The molecular formula is C50H80N12O19S. The normalized spacial score (nSPS) is 21.1. The SMILES string of the molecule is CC(C)(C)C1C(=O)NC(=O)OC(O)C1=O.CC(C)(C)C1C(=O)NOC1=O.CC(C)(C)C1NC(=O)NC1=O.CC(C)(C)C1SC(=O)NC1=O.CC(C)(C)N1CC(=O)NC1=O.CC(C)(C)n1ncc(=O)[nH]c1=O.CC(C)(C)n1oc(=O)[nH]c1=O. The van der Waals surface area contributed by atoms with Gasteiger partial charge in [-0.05, 0) is 84.0 Å². The van der Waals surface area contributed by atoms with E-state index >= 15 is 0 Å². The standard InChI is InChI=1S/C9H13NO5.C7H11N3O2.2C7H12N2O2.C7H11NO3.C7H11NO2S.C6H10N2O3/c1-9(2,3)4-5(11)7(13)15-8(14)10-6(4)12;1-7(2,3)10-6(12)9-5(11)4-8-10;1-7(2,3)9-4-5(10)8-6(9)11;1-7(2,3)4-5(10)9-6(11)8-4;1-7(2,3)4-5(9)8-11-6(4)10;1-7(2,3)4-5(9)8-6(10)11-4;1-6(2,3)8-4(9)7-5(10)11-8/h4,7,13H,1-3H3,(H,10,12,14);4H,1-3H3,(H,9,11,12);4H2,1-3H3,(H,8,10,11);4H,1-3H3,(H2,8,9,10,11);4H,1-3H3,(H,8,9);4H,1-3H3,(H,8,9,10);1-3H3,(H,7,9,10). The van der Waals surface area contributed by atoms with Crippen molar-refractivity contribution in [2.24, 2.45) is 33.5 Å². The third-order valence-corrected chi connectivity index (χ3v) is 12.4. The van der Waals surface area contributed by atoms with Gasteiger partial charge >= 0.3 is 41.3 Å². The van der Waals surface area contributed by atoms with Crippen molar-refractivity contribution in [3.8, 4) is 0 Å². The number of alkyl carbamates (subject to hydrolysis) is 1. The van der Waals surface area contributed by atoms with Gasteiger partial charge in [0.1, 0.15) is 30.6 Å². The number of hydroxylamine groups is 1. The molecule has 11 amide bonds. The van der Waals surface area contributed by atoms with E-state index < -0.39 is 93.1 Å². The summed E-state index contributed by atoms with van der Waals surface area (Å²) in [5.74, 6) is -5.46. The lowest BCUT2D eigenvalue weighted by atomic mass is 9.77. The van der Waals surface area contributed by atoms with Gasteiger partial charge in [0.05, 0.1) is 16.3 Å². The lowest BCUT2D eigenvalue weighted by Crippen LogP contribution is -2.43. The van der Waals surface area contributed by atoms with Crippen LogP contribution in [0.15, 0.2) is 29.9 Å². The van der Waals surface area contributed by atoms with Gasteiger partial charge < -0.3 is 29.4 Å². The fourth-order valence-electron chi connectivity index (χ4n) is 7.02. The molecule has 0 aromatic carbocycles. The van der Waals surface area contributed by atoms with Gasteiger partial charge in [0.2, 0.25) is 23.5 Å². The number of ketones is 1. The van der Waals surface area contributed by atoms with Crippen molar-refractivity contribution in [3.05, 3.63) is 48.1 Å². The fourth-order valence-corrected chi connectivity index (χ4v) is 7.91. The number of carbonyl (C=O) groups excluding carboxylic acids is 11. The molecular weight excluding hydrogens is 1100 g/mol. The van der Waals surface area contributed by atoms with Crippen molar-refractivity contribution < 1.29 is 71.9 Å². The minimum Gasteiger partial charge on any atom is -0.412 e. The molecule has 0 bridgehead atoms. The van der Waals surface area contributed by atoms with Gasteiger partial charge in [0.25, 0.3) is 28.9 Å². The maximum absolute atomic E-state index is 11.6. The van der Waals surface area contributed by atoms with Crippen LogP contribution >= 0.6 is 11.8 Å². The number of thioether (sulfide) groups is 1. The van der Waals surface area contributed by atoms with E-state index in [1.807, 2.05) is 120 Å². The molecule has 5 saturated heterocycles. The number of aromatic nitrogens is 5. The zero-order valence-corrected chi connectivity index (χ0v) is 51.0. The predicted octanol–water partition coefficient (Wildman–Crippen LogP) is 1.57. The van der Waals surface area contributed by atoms with Crippen molar-refractivity contribution in [2.45, 2.75) is 180 Å². The Kier molecular flexibility index (Phi) is 24.1. The summed E-state index contributed by atoms with van der Waals surface area (Å²) in [6.45, 7) is 38.7. The Balaban J connectivity index is 0.000000480. The van der Waals surface area contributed by atoms with Crippen molar-refractivity contribution in [2.75, 3.05) is 6.54 Å². The molecule has 32 heteroatoms. The second-order valence-corrected chi connectivity index (χ2v) is 27.0. The molecule has 5 aliphatic rings. The molecule has 31 nitrogen and oxygen atoms in total. The fraction of sp³-hybridized carbons (Fsp3) is 0.680. The van der Waals surface area contributed by atoms with Crippen molar-refractivity contribution in [1.82, 2.24) is 61.5 Å². The Hall–Kier alpha value is -7.77. The van der Waals surface area contributed by atoms with Crippen molar-refractivity contribution >= 4 is 76.4 Å². The van der Waals surface area contributed by atoms with E-state index in [-0.39, 0.29) is 68.5 Å². The van der Waals surface area contributed by atoms with Gasteiger partial charge in [-0.3, -0.25) is 64.6 Å². The van der Waals surface area contributed by atoms with Crippen LogP contribution in [0.5, 0.6) is 0 Å². The number of aliphatic hydroxyl groups is 1. The molecule has 5 unspecified atom stereocenters. The Bertz CT molecular complexity index is 2850. The zero-order valence-electron chi connectivity index (χ0n) is 50.2. The monoisotopic (exact) mass is 1180 g/mol. The zero-order chi connectivity index (χ0) is 64.4. The first-order valence-electron chi connectivity index (χ1n) is 25.2. The number of nitrogens with zero attached hydrogens (tertiary/aromatic N) is 4. The highest BCUT2D eigenvalue weighted by atomic mass is 32.2. The first-order chi connectivity index (χ1) is 36.7. The summed E-state index contributed by atoms with van der Waals surface area (Å²) in [5.41, 5.74) is -1.98. The number of nitrogens with one attached hydrogen (secondary N) is 8. The van der Waals surface area contributed by atoms with E-state index in [1.54, 1.807) is 41.5 Å². The van der Waals surface area contributed by atoms with Crippen LogP contribution in [0.1, 0.15) is 145 Å². The van der Waals surface area contributed by atoms with Crippen LogP contribution in [0, 0.1) is 33.5 Å². The van der Waals surface area contributed by atoms with Crippen LogP contribution < -0.4 is 54.8 Å². The molecule has 0 radical (unpaired) electrons. The highest BCUT2D eigenvalue weighted by Crippen LogP contribution is 2.34.